The minimum Gasteiger partial charge on any atom is -0.481 e. The molecular weight excluding hydrogens is 350 g/mol. The molecule has 0 spiro atoms. The van der Waals surface area contributed by atoms with E-state index in [-0.39, 0.29) is 6.04 Å². The first kappa shape index (κ1) is 18.6. The maximum atomic E-state index is 14.1. The number of nitrogens with zero attached hydrogens (tertiary/aromatic N) is 2. The molecule has 0 radical (unpaired) electrons. The van der Waals surface area contributed by atoms with E-state index in [0.717, 1.165) is 25.2 Å². The molecule has 3 rings (SSSR count). The van der Waals surface area contributed by atoms with Crippen molar-refractivity contribution in [3.05, 3.63) is 59.7 Å². The molecule has 140 valence electrons. The standard InChI is InChI=1S/C18H19F4N3O/c19-15-8-13(3-4-17(15)26-12-18(20,21)22)11-25-7-6-24-10-16(25)14-2-1-5-23-9-14/h1-5,8-9,16,24H,6-7,10-12H2. The van der Waals surface area contributed by atoms with Crippen LogP contribution in [0.15, 0.2) is 42.7 Å². The number of benzene rings is 1. The molecule has 2 heterocycles. The molecule has 1 aliphatic heterocycles. The summed E-state index contributed by atoms with van der Waals surface area (Å²) in [5, 5.41) is 3.33. The summed E-state index contributed by atoms with van der Waals surface area (Å²) in [4.78, 5) is 6.34. The van der Waals surface area contributed by atoms with E-state index in [9.17, 15) is 17.6 Å². The second kappa shape index (κ2) is 8.01. The lowest BCUT2D eigenvalue weighted by molar-refractivity contribution is -0.153. The fraction of sp³-hybridized carbons (Fsp3) is 0.389. The average Bonchev–Trinajstić information content (AvgIpc) is 2.61. The maximum Gasteiger partial charge on any atom is 0.422 e. The van der Waals surface area contributed by atoms with E-state index in [2.05, 4.69) is 19.9 Å². The summed E-state index contributed by atoms with van der Waals surface area (Å²) >= 11 is 0. The summed E-state index contributed by atoms with van der Waals surface area (Å²) in [6.45, 7) is 1.31. The fourth-order valence-corrected chi connectivity index (χ4v) is 2.99. The molecule has 1 unspecified atom stereocenters. The Labute approximate surface area is 148 Å². The van der Waals surface area contributed by atoms with Gasteiger partial charge in [-0.3, -0.25) is 9.88 Å². The quantitative estimate of drug-likeness (QED) is 0.821. The number of halogens is 4. The van der Waals surface area contributed by atoms with Gasteiger partial charge in [0.25, 0.3) is 0 Å². The van der Waals surface area contributed by atoms with Gasteiger partial charge >= 0.3 is 6.18 Å². The lowest BCUT2D eigenvalue weighted by atomic mass is 10.0. The fourth-order valence-electron chi connectivity index (χ4n) is 2.99. The number of alkyl halides is 3. The third kappa shape index (κ3) is 4.92. The highest BCUT2D eigenvalue weighted by Gasteiger charge is 2.29. The minimum absolute atomic E-state index is 0.0988. The third-order valence-corrected chi connectivity index (χ3v) is 4.20. The van der Waals surface area contributed by atoms with Crippen molar-refractivity contribution < 1.29 is 22.3 Å². The lowest BCUT2D eigenvalue weighted by Gasteiger charge is -2.36. The molecule has 0 amide bonds. The molecule has 1 aliphatic rings. The first-order chi connectivity index (χ1) is 12.4. The predicted octanol–water partition coefficient (Wildman–Crippen LogP) is 3.31. The van der Waals surface area contributed by atoms with Crippen molar-refractivity contribution in [2.24, 2.45) is 0 Å². The van der Waals surface area contributed by atoms with E-state index in [1.807, 2.05) is 12.1 Å². The SMILES string of the molecule is Fc1cc(CN2CCNCC2c2cccnc2)ccc1OCC(F)(F)F. The molecule has 26 heavy (non-hydrogen) atoms. The van der Waals surface area contributed by atoms with Crippen LogP contribution in [0.1, 0.15) is 17.2 Å². The normalized spacial score (nSPS) is 18.7. The van der Waals surface area contributed by atoms with Crippen molar-refractivity contribution in [2.75, 3.05) is 26.2 Å². The number of aromatic nitrogens is 1. The van der Waals surface area contributed by atoms with Crippen LogP contribution in [0.3, 0.4) is 0 Å². The minimum atomic E-state index is -4.50. The predicted molar refractivity (Wildman–Crippen MR) is 88.2 cm³/mol. The summed E-state index contributed by atoms with van der Waals surface area (Å²) in [6.07, 6.45) is -0.985. The summed E-state index contributed by atoms with van der Waals surface area (Å²) < 4.78 is 55.2. The smallest absolute Gasteiger partial charge is 0.422 e. The molecule has 1 saturated heterocycles. The van der Waals surface area contributed by atoms with Gasteiger partial charge in [0, 0.05) is 44.6 Å². The molecule has 1 fully saturated rings. The number of pyridine rings is 1. The van der Waals surface area contributed by atoms with Crippen molar-refractivity contribution in [3.63, 3.8) is 0 Å². The van der Waals surface area contributed by atoms with Gasteiger partial charge in [0.15, 0.2) is 18.2 Å². The third-order valence-electron chi connectivity index (χ3n) is 4.20. The largest absolute Gasteiger partial charge is 0.481 e. The van der Waals surface area contributed by atoms with E-state index in [1.165, 1.54) is 12.1 Å². The Kier molecular flexibility index (Phi) is 5.73. The van der Waals surface area contributed by atoms with Crippen molar-refractivity contribution in [1.29, 1.82) is 0 Å². The lowest BCUT2D eigenvalue weighted by Crippen LogP contribution is -2.45. The number of piperazine rings is 1. The zero-order valence-corrected chi connectivity index (χ0v) is 14.0. The molecule has 0 saturated carbocycles. The highest BCUT2D eigenvalue weighted by molar-refractivity contribution is 5.29. The van der Waals surface area contributed by atoms with Crippen LogP contribution in [0.25, 0.3) is 0 Å². The Morgan fingerprint density at radius 1 is 1.27 bits per heavy atom. The molecule has 0 bridgehead atoms. The molecular formula is C18H19F4N3O. The average molecular weight is 369 g/mol. The van der Waals surface area contributed by atoms with E-state index < -0.39 is 24.3 Å². The molecule has 1 N–H and O–H groups in total. The summed E-state index contributed by atoms with van der Waals surface area (Å²) in [5.74, 6) is -1.19. The van der Waals surface area contributed by atoms with Crippen molar-refractivity contribution in [2.45, 2.75) is 18.8 Å². The zero-order valence-electron chi connectivity index (χ0n) is 14.0. The first-order valence-corrected chi connectivity index (χ1v) is 8.25. The second-order valence-electron chi connectivity index (χ2n) is 6.15. The number of ether oxygens (including phenoxy) is 1. The van der Waals surface area contributed by atoms with Crippen LogP contribution in [0.2, 0.25) is 0 Å². The van der Waals surface area contributed by atoms with Crippen molar-refractivity contribution in [1.82, 2.24) is 15.2 Å². The van der Waals surface area contributed by atoms with E-state index in [0.29, 0.717) is 12.1 Å². The van der Waals surface area contributed by atoms with Gasteiger partial charge in [-0.15, -0.1) is 0 Å². The number of hydrogen-bond acceptors (Lipinski definition) is 4. The molecule has 1 aromatic carbocycles. The summed E-state index contributed by atoms with van der Waals surface area (Å²) in [7, 11) is 0. The van der Waals surface area contributed by atoms with Crippen LogP contribution >= 0.6 is 0 Å². The van der Waals surface area contributed by atoms with Crippen LogP contribution < -0.4 is 10.1 Å². The van der Waals surface area contributed by atoms with Crippen LogP contribution in [-0.2, 0) is 6.54 Å². The van der Waals surface area contributed by atoms with Gasteiger partial charge in [-0.25, -0.2) is 4.39 Å². The Balaban J connectivity index is 1.70. The monoisotopic (exact) mass is 369 g/mol. The molecule has 1 aromatic heterocycles. The van der Waals surface area contributed by atoms with Gasteiger partial charge in [0.1, 0.15) is 0 Å². The Morgan fingerprint density at radius 3 is 2.81 bits per heavy atom. The number of hydrogen-bond donors (Lipinski definition) is 1. The molecule has 4 nitrogen and oxygen atoms in total. The highest BCUT2D eigenvalue weighted by atomic mass is 19.4. The number of rotatable bonds is 5. The van der Waals surface area contributed by atoms with Gasteiger partial charge in [0.05, 0.1) is 0 Å². The van der Waals surface area contributed by atoms with Gasteiger partial charge in [-0.1, -0.05) is 12.1 Å². The summed E-state index contributed by atoms with van der Waals surface area (Å²) in [5.41, 5.74) is 1.74. The van der Waals surface area contributed by atoms with E-state index >= 15 is 0 Å². The topological polar surface area (TPSA) is 37.4 Å². The van der Waals surface area contributed by atoms with Crippen LogP contribution in [0, 0.1) is 5.82 Å². The van der Waals surface area contributed by atoms with Crippen LogP contribution in [0.5, 0.6) is 5.75 Å². The van der Waals surface area contributed by atoms with E-state index in [4.69, 9.17) is 0 Å². The zero-order chi connectivity index (χ0) is 18.6. The van der Waals surface area contributed by atoms with Gasteiger partial charge in [-0.2, -0.15) is 13.2 Å². The second-order valence-corrected chi connectivity index (χ2v) is 6.15. The van der Waals surface area contributed by atoms with Gasteiger partial charge in [0.2, 0.25) is 0 Å². The molecule has 0 aliphatic carbocycles. The molecule has 2 aromatic rings. The Morgan fingerprint density at radius 2 is 2.12 bits per heavy atom. The number of nitrogens with one attached hydrogen (secondary N) is 1. The molecule has 8 heteroatoms. The Bertz CT molecular complexity index is 724. The van der Waals surface area contributed by atoms with Gasteiger partial charge in [-0.05, 0) is 29.3 Å². The maximum absolute atomic E-state index is 14.1. The highest BCUT2D eigenvalue weighted by Crippen LogP contribution is 2.26. The summed E-state index contributed by atoms with van der Waals surface area (Å²) in [6, 6.07) is 8.03. The Hall–Kier alpha value is -2.19. The van der Waals surface area contributed by atoms with Crippen molar-refractivity contribution in [3.8, 4) is 5.75 Å². The van der Waals surface area contributed by atoms with Crippen LogP contribution in [-0.4, -0.2) is 42.3 Å². The first-order valence-electron chi connectivity index (χ1n) is 8.25. The molecule has 1 atom stereocenters. The van der Waals surface area contributed by atoms with E-state index in [1.54, 1.807) is 18.5 Å². The van der Waals surface area contributed by atoms with Crippen LogP contribution in [0.4, 0.5) is 17.6 Å². The van der Waals surface area contributed by atoms with Gasteiger partial charge < -0.3 is 10.1 Å². The van der Waals surface area contributed by atoms with Crippen molar-refractivity contribution >= 4 is 0 Å².